The monoisotopic (exact) mass is 397 g/mol. The highest BCUT2D eigenvalue weighted by atomic mass is 16.2. The van der Waals surface area contributed by atoms with E-state index in [0.717, 1.165) is 27.7 Å². The summed E-state index contributed by atoms with van der Waals surface area (Å²) in [7, 11) is 1.93. The molecule has 148 valence electrons. The maximum atomic E-state index is 12.8. The first kappa shape index (κ1) is 17.9. The SMILES string of the molecule is Cn1cnc(-c2ccc3c(C(=O)Nc4cnn(Cc5ccccc5)c4)n[nH]c3c2)c1. The molecule has 0 radical (unpaired) electrons. The predicted octanol–water partition coefficient (Wildman–Crippen LogP) is 3.46. The zero-order chi connectivity index (χ0) is 20.5. The van der Waals surface area contributed by atoms with Crippen LogP contribution in [-0.4, -0.2) is 35.4 Å². The van der Waals surface area contributed by atoms with Crippen molar-refractivity contribution >= 4 is 22.5 Å². The largest absolute Gasteiger partial charge is 0.340 e. The van der Waals surface area contributed by atoms with Crippen LogP contribution in [0.4, 0.5) is 5.69 Å². The summed E-state index contributed by atoms with van der Waals surface area (Å²) < 4.78 is 3.68. The number of fused-ring (bicyclic) bond motifs is 1. The molecule has 3 aromatic heterocycles. The number of hydrogen-bond donors (Lipinski definition) is 2. The van der Waals surface area contributed by atoms with Crippen LogP contribution in [0, 0.1) is 0 Å². The van der Waals surface area contributed by atoms with Crippen LogP contribution in [0.2, 0.25) is 0 Å². The fraction of sp³-hybridized carbons (Fsp3) is 0.0909. The number of carbonyl (C=O) groups excluding carboxylic acids is 1. The summed E-state index contributed by atoms with van der Waals surface area (Å²) in [5.74, 6) is -0.286. The fourth-order valence-corrected chi connectivity index (χ4v) is 3.39. The van der Waals surface area contributed by atoms with E-state index in [-0.39, 0.29) is 5.91 Å². The quantitative estimate of drug-likeness (QED) is 0.475. The Morgan fingerprint density at radius 3 is 2.80 bits per heavy atom. The molecule has 8 nitrogen and oxygen atoms in total. The average Bonchev–Trinajstić information content (AvgIpc) is 3.48. The zero-order valence-corrected chi connectivity index (χ0v) is 16.3. The summed E-state index contributed by atoms with van der Waals surface area (Å²) in [6, 6.07) is 15.8. The van der Waals surface area contributed by atoms with Gasteiger partial charge >= 0.3 is 0 Å². The lowest BCUT2D eigenvalue weighted by Gasteiger charge is -2.02. The minimum atomic E-state index is -0.286. The standard InChI is InChI=1S/C22H19N7O/c1-28-13-20(23-14-28)16-7-8-18-19(9-16)26-27-21(18)22(30)25-17-10-24-29(12-17)11-15-5-3-2-4-6-15/h2-10,12-14H,11H2,1H3,(H,25,30)(H,26,27). The maximum absolute atomic E-state index is 12.8. The van der Waals surface area contributed by atoms with Crippen molar-refractivity contribution in [3.8, 4) is 11.3 Å². The second-order valence-electron chi connectivity index (χ2n) is 7.12. The average molecular weight is 397 g/mol. The molecule has 2 aromatic carbocycles. The molecule has 0 aliphatic rings. The van der Waals surface area contributed by atoms with Crippen LogP contribution < -0.4 is 5.32 Å². The normalized spacial score (nSPS) is 11.1. The van der Waals surface area contributed by atoms with Gasteiger partial charge in [-0.2, -0.15) is 10.2 Å². The van der Waals surface area contributed by atoms with E-state index < -0.39 is 0 Å². The summed E-state index contributed by atoms with van der Waals surface area (Å²) in [6.07, 6.45) is 7.13. The van der Waals surface area contributed by atoms with E-state index in [1.54, 1.807) is 23.4 Å². The van der Waals surface area contributed by atoms with Crippen molar-refractivity contribution in [3.05, 3.63) is 84.7 Å². The fourth-order valence-electron chi connectivity index (χ4n) is 3.39. The number of rotatable bonds is 5. The zero-order valence-electron chi connectivity index (χ0n) is 16.3. The minimum Gasteiger partial charge on any atom is -0.340 e. The number of amides is 1. The van der Waals surface area contributed by atoms with Crippen molar-refractivity contribution in [1.82, 2.24) is 29.5 Å². The van der Waals surface area contributed by atoms with Gasteiger partial charge in [0.1, 0.15) is 0 Å². The van der Waals surface area contributed by atoms with Gasteiger partial charge in [0.05, 0.1) is 36.0 Å². The molecule has 3 heterocycles. The van der Waals surface area contributed by atoms with Crippen LogP contribution in [0.15, 0.2) is 73.4 Å². The molecule has 0 saturated heterocycles. The smallest absolute Gasteiger partial charge is 0.276 e. The molecule has 0 saturated carbocycles. The number of hydrogen-bond acceptors (Lipinski definition) is 4. The van der Waals surface area contributed by atoms with Gasteiger partial charge in [-0.05, 0) is 17.7 Å². The Morgan fingerprint density at radius 2 is 2.00 bits per heavy atom. The number of aromatic amines is 1. The minimum absolute atomic E-state index is 0.286. The van der Waals surface area contributed by atoms with Crippen LogP contribution in [0.25, 0.3) is 22.2 Å². The van der Waals surface area contributed by atoms with Crippen LogP contribution in [0.3, 0.4) is 0 Å². The van der Waals surface area contributed by atoms with Crippen molar-refractivity contribution in [2.75, 3.05) is 5.32 Å². The molecule has 0 spiro atoms. The molecule has 0 aliphatic carbocycles. The highest BCUT2D eigenvalue weighted by Crippen LogP contribution is 2.24. The number of benzene rings is 2. The molecule has 5 rings (SSSR count). The van der Waals surface area contributed by atoms with Crippen molar-refractivity contribution in [3.63, 3.8) is 0 Å². The highest BCUT2D eigenvalue weighted by Gasteiger charge is 2.16. The molecular formula is C22H19N7O. The number of H-pyrrole nitrogens is 1. The highest BCUT2D eigenvalue weighted by molar-refractivity contribution is 6.11. The van der Waals surface area contributed by atoms with Gasteiger partial charge in [0.25, 0.3) is 5.91 Å². The number of imidazole rings is 1. The maximum Gasteiger partial charge on any atom is 0.276 e. The van der Waals surface area contributed by atoms with Gasteiger partial charge in [0.2, 0.25) is 0 Å². The third-order valence-corrected chi connectivity index (χ3v) is 4.86. The van der Waals surface area contributed by atoms with Crippen molar-refractivity contribution in [1.29, 1.82) is 0 Å². The molecule has 0 aliphatic heterocycles. The van der Waals surface area contributed by atoms with Crippen molar-refractivity contribution < 1.29 is 4.79 Å². The lowest BCUT2D eigenvalue weighted by Crippen LogP contribution is -2.12. The second kappa shape index (κ2) is 7.32. The molecule has 5 aromatic rings. The van der Waals surface area contributed by atoms with Crippen LogP contribution in [0.1, 0.15) is 16.1 Å². The molecule has 8 heteroatoms. The van der Waals surface area contributed by atoms with Crippen LogP contribution >= 0.6 is 0 Å². The van der Waals surface area contributed by atoms with E-state index in [9.17, 15) is 4.79 Å². The topological polar surface area (TPSA) is 93.4 Å². The Morgan fingerprint density at radius 1 is 1.13 bits per heavy atom. The molecule has 2 N–H and O–H groups in total. The van der Waals surface area contributed by atoms with Gasteiger partial charge < -0.3 is 9.88 Å². The Balaban J connectivity index is 1.34. The third-order valence-electron chi connectivity index (χ3n) is 4.86. The first-order valence-corrected chi connectivity index (χ1v) is 9.50. The summed E-state index contributed by atoms with van der Waals surface area (Å²) in [5.41, 5.74) is 4.71. The Labute approximate surface area is 172 Å². The summed E-state index contributed by atoms with van der Waals surface area (Å²) in [4.78, 5) is 17.1. The second-order valence-corrected chi connectivity index (χ2v) is 7.12. The number of aromatic nitrogens is 6. The lowest BCUT2D eigenvalue weighted by molar-refractivity contribution is 0.102. The van der Waals surface area contributed by atoms with Gasteiger partial charge in [0, 0.05) is 30.4 Å². The van der Waals surface area contributed by atoms with Crippen LogP contribution in [-0.2, 0) is 13.6 Å². The van der Waals surface area contributed by atoms with E-state index in [0.29, 0.717) is 17.9 Å². The van der Waals surface area contributed by atoms with Crippen molar-refractivity contribution in [2.45, 2.75) is 6.54 Å². The number of nitrogens with zero attached hydrogens (tertiary/aromatic N) is 5. The first-order chi connectivity index (χ1) is 14.7. The Kier molecular flexibility index (Phi) is 4.36. The van der Waals surface area contributed by atoms with Gasteiger partial charge in [-0.15, -0.1) is 0 Å². The van der Waals surface area contributed by atoms with Gasteiger partial charge in [-0.3, -0.25) is 14.6 Å². The third kappa shape index (κ3) is 3.46. The number of anilines is 1. The van der Waals surface area contributed by atoms with Crippen LogP contribution in [0.5, 0.6) is 0 Å². The van der Waals surface area contributed by atoms with Gasteiger partial charge in [-0.1, -0.05) is 36.4 Å². The lowest BCUT2D eigenvalue weighted by atomic mass is 10.1. The van der Waals surface area contributed by atoms with E-state index in [1.807, 2.05) is 66.3 Å². The molecule has 0 unspecified atom stereocenters. The predicted molar refractivity (Wildman–Crippen MR) is 114 cm³/mol. The summed E-state index contributed by atoms with van der Waals surface area (Å²) in [5, 5.41) is 15.1. The first-order valence-electron chi connectivity index (χ1n) is 9.50. The Hall–Kier alpha value is -4.20. The molecule has 0 atom stereocenters. The van der Waals surface area contributed by atoms with E-state index in [1.165, 1.54) is 0 Å². The summed E-state index contributed by atoms with van der Waals surface area (Å²) >= 11 is 0. The van der Waals surface area contributed by atoms with E-state index >= 15 is 0 Å². The van der Waals surface area contributed by atoms with E-state index in [2.05, 4.69) is 25.6 Å². The van der Waals surface area contributed by atoms with Gasteiger partial charge in [-0.25, -0.2) is 4.98 Å². The summed E-state index contributed by atoms with van der Waals surface area (Å²) in [6.45, 7) is 0.637. The number of carbonyl (C=O) groups is 1. The molecule has 0 bridgehead atoms. The van der Waals surface area contributed by atoms with Gasteiger partial charge in [0.15, 0.2) is 5.69 Å². The number of aryl methyl sites for hydroxylation is 1. The number of nitrogens with one attached hydrogen (secondary N) is 2. The Bertz CT molecular complexity index is 1330. The molecule has 30 heavy (non-hydrogen) atoms. The molecule has 0 fully saturated rings. The van der Waals surface area contributed by atoms with Crippen molar-refractivity contribution in [2.24, 2.45) is 7.05 Å². The van der Waals surface area contributed by atoms with E-state index in [4.69, 9.17) is 0 Å². The molecule has 1 amide bonds. The molecular weight excluding hydrogens is 378 g/mol.